The summed E-state index contributed by atoms with van der Waals surface area (Å²) in [5.74, 6) is 0.433. The van der Waals surface area contributed by atoms with Crippen molar-refractivity contribution >= 4 is 51.7 Å². The summed E-state index contributed by atoms with van der Waals surface area (Å²) in [5, 5.41) is 0. The molecule has 1 aromatic carbocycles. The number of carbonyl (C=O) groups excluding carboxylic acids is 1. The first-order valence-corrected chi connectivity index (χ1v) is 13.2. The van der Waals surface area contributed by atoms with E-state index in [9.17, 15) is 9.59 Å². The quantitative estimate of drug-likeness (QED) is 0.293. The molecule has 3 aromatic rings. The minimum Gasteiger partial charge on any atom is -0.356 e. The number of rotatable bonds is 8. The number of pyridine rings is 1. The Labute approximate surface area is 215 Å². The number of aryl methyl sites for hydroxylation is 1. The van der Waals surface area contributed by atoms with Gasteiger partial charge >= 0.3 is 0 Å². The van der Waals surface area contributed by atoms with Crippen LogP contribution in [0.2, 0.25) is 0 Å². The first-order valence-electron chi connectivity index (χ1n) is 12.0. The Morgan fingerprint density at radius 3 is 2.43 bits per heavy atom. The van der Waals surface area contributed by atoms with Crippen LogP contribution in [0.4, 0.5) is 5.82 Å². The average molecular weight is 507 g/mol. The molecule has 4 rings (SSSR count). The Bertz CT molecular complexity index is 1340. The number of thioether (sulfide) groups is 1. The monoisotopic (exact) mass is 506 g/mol. The van der Waals surface area contributed by atoms with E-state index in [2.05, 4.69) is 18.7 Å². The van der Waals surface area contributed by atoms with Gasteiger partial charge in [-0.1, -0.05) is 74.2 Å². The fourth-order valence-electron chi connectivity index (χ4n) is 4.36. The molecule has 0 aliphatic carbocycles. The van der Waals surface area contributed by atoms with Crippen LogP contribution >= 0.6 is 24.0 Å². The van der Waals surface area contributed by atoms with Crippen molar-refractivity contribution in [3.63, 3.8) is 0 Å². The van der Waals surface area contributed by atoms with E-state index in [-0.39, 0.29) is 17.5 Å². The molecule has 0 radical (unpaired) electrons. The molecule has 1 aliphatic rings. The van der Waals surface area contributed by atoms with E-state index in [1.54, 1.807) is 21.6 Å². The predicted molar refractivity (Wildman–Crippen MR) is 149 cm³/mol. The lowest BCUT2D eigenvalue weighted by atomic mass is 10.1. The van der Waals surface area contributed by atoms with Crippen LogP contribution in [0.15, 0.2) is 58.4 Å². The third kappa shape index (κ3) is 4.90. The van der Waals surface area contributed by atoms with E-state index >= 15 is 0 Å². The summed E-state index contributed by atoms with van der Waals surface area (Å²) in [6.45, 7) is 9.68. The Kier molecular flexibility index (Phi) is 7.72. The number of hydrogen-bond donors (Lipinski definition) is 0. The van der Waals surface area contributed by atoms with Gasteiger partial charge in [-0.25, -0.2) is 4.98 Å². The highest BCUT2D eigenvalue weighted by Crippen LogP contribution is 2.38. The van der Waals surface area contributed by atoms with Crippen LogP contribution in [0.1, 0.15) is 56.3 Å². The van der Waals surface area contributed by atoms with Gasteiger partial charge in [0, 0.05) is 19.3 Å². The molecule has 0 unspecified atom stereocenters. The highest BCUT2D eigenvalue weighted by atomic mass is 32.2. The van der Waals surface area contributed by atoms with Gasteiger partial charge in [-0.15, -0.1) is 0 Å². The maximum absolute atomic E-state index is 13.7. The second kappa shape index (κ2) is 10.7. The maximum atomic E-state index is 13.7. The van der Waals surface area contributed by atoms with Crippen LogP contribution in [-0.4, -0.2) is 37.6 Å². The van der Waals surface area contributed by atoms with Crippen molar-refractivity contribution in [3.05, 3.63) is 80.6 Å². The van der Waals surface area contributed by atoms with Crippen LogP contribution in [0.25, 0.3) is 11.7 Å². The summed E-state index contributed by atoms with van der Waals surface area (Å²) in [6.07, 6.45) is 5.26. The molecule has 0 spiro atoms. The van der Waals surface area contributed by atoms with Gasteiger partial charge in [0.25, 0.3) is 11.5 Å². The van der Waals surface area contributed by atoms with Crippen LogP contribution < -0.4 is 10.5 Å². The van der Waals surface area contributed by atoms with Crippen molar-refractivity contribution in [1.29, 1.82) is 0 Å². The van der Waals surface area contributed by atoms with Crippen LogP contribution in [0.5, 0.6) is 0 Å². The van der Waals surface area contributed by atoms with Crippen molar-refractivity contribution in [1.82, 2.24) is 14.3 Å². The molecule has 182 valence electrons. The normalized spacial score (nSPS) is 15.9. The molecule has 0 saturated carbocycles. The lowest BCUT2D eigenvalue weighted by Crippen LogP contribution is -2.32. The number of thiocarbonyl (C=S) groups is 1. The molecule has 1 fully saturated rings. The van der Waals surface area contributed by atoms with E-state index in [1.807, 2.05) is 56.3 Å². The Morgan fingerprint density at radius 2 is 1.77 bits per heavy atom. The number of hydrogen-bond acceptors (Lipinski definition) is 6. The molecule has 1 saturated heterocycles. The first kappa shape index (κ1) is 25.1. The molecular formula is C27H30N4O2S2. The number of nitrogens with zero attached hydrogens (tertiary/aromatic N) is 4. The van der Waals surface area contributed by atoms with Gasteiger partial charge in [-0.2, -0.15) is 0 Å². The van der Waals surface area contributed by atoms with E-state index in [4.69, 9.17) is 17.2 Å². The molecule has 1 atom stereocenters. The van der Waals surface area contributed by atoms with E-state index in [0.717, 1.165) is 37.1 Å². The van der Waals surface area contributed by atoms with Crippen molar-refractivity contribution < 1.29 is 4.79 Å². The number of anilines is 1. The second-order valence-corrected chi connectivity index (χ2v) is 10.3. The lowest BCUT2D eigenvalue weighted by Gasteiger charge is -2.25. The van der Waals surface area contributed by atoms with Gasteiger partial charge in [0.2, 0.25) is 0 Å². The van der Waals surface area contributed by atoms with Gasteiger partial charge in [0.05, 0.1) is 16.5 Å². The largest absolute Gasteiger partial charge is 0.356 e. The topological polar surface area (TPSA) is 57.9 Å². The number of carbonyl (C=O) groups is 1. The molecule has 0 N–H and O–H groups in total. The molecule has 35 heavy (non-hydrogen) atoms. The number of amides is 1. The van der Waals surface area contributed by atoms with Crippen LogP contribution in [0, 0.1) is 6.92 Å². The molecule has 1 aliphatic heterocycles. The fourth-order valence-corrected chi connectivity index (χ4v) is 5.76. The van der Waals surface area contributed by atoms with E-state index in [0.29, 0.717) is 26.3 Å². The molecule has 8 heteroatoms. The van der Waals surface area contributed by atoms with Crippen LogP contribution in [-0.2, 0) is 4.79 Å². The van der Waals surface area contributed by atoms with E-state index < -0.39 is 0 Å². The van der Waals surface area contributed by atoms with Gasteiger partial charge in [0.15, 0.2) is 0 Å². The Morgan fingerprint density at radius 1 is 1.09 bits per heavy atom. The SMILES string of the molecule is CCCN(CCC)c1nc2c(C)cccn2c(=O)c1/C=C1/SC(=S)N([C@@H](C)c2ccccc2)C1=O. The zero-order valence-corrected chi connectivity index (χ0v) is 22.2. The standard InChI is InChI=1S/C27H30N4O2S2/c1-5-14-29(15-6-2)24-21(25(32)30-16-10-11-18(3)23(30)28-24)17-22-26(33)31(27(34)35-22)19(4)20-12-8-7-9-13-20/h7-13,16-17,19H,5-6,14-15H2,1-4H3/b22-17+/t19-/m0/s1. The summed E-state index contributed by atoms with van der Waals surface area (Å²) in [7, 11) is 0. The minimum absolute atomic E-state index is 0.187. The number of fused-ring (bicyclic) bond motifs is 1. The fraction of sp³-hybridized carbons (Fsp3) is 0.333. The summed E-state index contributed by atoms with van der Waals surface area (Å²) in [6, 6.07) is 13.4. The molecule has 1 amide bonds. The summed E-state index contributed by atoms with van der Waals surface area (Å²) in [4.78, 5) is 36.4. The molecule has 6 nitrogen and oxygen atoms in total. The van der Waals surface area contributed by atoms with Gasteiger partial charge in [-0.05, 0) is 50.0 Å². The number of aromatic nitrogens is 2. The first-order chi connectivity index (χ1) is 16.9. The minimum atomic E-state index is -0.204. The summed E-state index contributed by atoms with van der Waals surface area (Å²) in [5.41, 5.74) is 2.79. The molecule has 3 heterocycles. The van der Waals surface area contributed by atoms with Gasteiger partial charge < -0.3 is 4.90 Å². The zero-order valence-electron chi connectivity index (χ0n) is 20.5. The second-order valence-electron chi connectivity index (χ2n) is 8.66. The third-order valence-corrected chi connectivity index (χ3v) is 7.45. The summed E-state index contributed by atoms with van der Waals surface area (Å²) < 4.78 is 2.05. The predicted octanol–water partition coefficient (Wildman–Crippen LogP) is 5.59. The lowest BCUT2D eigenvalue weighted by molar-refractivity contribution is -0.123. The highest BCUT2D eigenvalue weighted by molar-refractivity contribution is 8.26. The average Bonchev–Trinajstić information content (AvgIpc) is 3.13. The van der Waals surface area contributed by atoms with E-state index in [1.165, 1.54) is 11.8 Å². The van der Waals surface area contributed by atoms with Gasteiger partial charge in [0.1, 0.15) is 15.8 Å². The summed E-state index contributed by atoms with van der Waals surface area (Å²) >= 11 is 6.84. The Hall–Kier alpha value is -2.97. The van der Waals surface area contributed by atoms with Gasteiger partial charge in [-0.3, -0.25) is 18.9 Å². The maximum Gasteiger partial charge on any atom is 0.267 e. The Balaban J connectivity index is 1.84. The number of benzene rings is 1. The van der Waals surface area contributed by atoms with Crippen LogP contribution in [0.3, 0.4) is 0 Å². The molecular weight excluding hydrogens is 476 g/mol. The third-order valence-electron chi connectivity index (χ3n) is 6.12. The highest BCUT2D eigenvalue weighted by Gasteiger charge is 2.36. The molecule has 0 bridgehead atoms. The van der Waals surface area contributed by atoms with Crippen molar-refractivity contribution in [2.45, 2.75) is 46.6 Å². The van der Waals surface area contributed by atoms with Crippen molar-refractivity contribution in [3.8, 4) is 0 Å². The molecule has 2 aromatic heterocycles. The smallest absolute Gasteiger partial charge is 0.267 e. The van der Waals surface area contributed by atoms with Crippen molar-refractivity contribution in [2.75, 3.05) is 18.0 Å². The zero-order chi connectivity index (χ0) is 25.1. The van der Waals surface area contributed by atoms with Crippen molar-refractivity contribution in [2.24, 2.45) is 0 Å².